The lowest BCUT2D eigenvalue weighted by atomic mass is 10.1. The Labute approximate surface area is 129 Å². The molecular weight excluding hydrogens is 282 g/mol. The third-order valence-electron chi connectivity index (χ3n) is 3.68. The van der Waals surface area contributed by atoms with Crippen LogP contribution < -0.4 is 0 Å². The second-order valence-electron chi connectivity index (χ2n) is 5.27. The van der Waals surface area contributed by atoms with Crippen LogP contribution in [0.2, 0.25) is 0 Å². The van der Waals surface area contributed by atoms with Crippen LogP contribution in [0.25, 0.3) is 0 Å². The molecule has 1 atom stereocenters. The number of thiophene rings is 1. The van der Waals surface area contributed by atoms with E-state index in [9.17, 15) is 4.79 Å². The van der Waals surface area contributed by atoms with E-state index >= 15 is 0 Å². The quantitative estimate of drug-likeness (QED) is 0.845. The van der Waals surface area contributed by atoms with E-state index in [1.165, 1.54) is 4.88 Å². The van der Waals surface area contributed by atoms with E-state index in [2.05, 4.69) is 6.07 Å². The maximum Gasteiger partial charge on any atom is 0.254 e. The molecule has 3 nitrogen and oxygen atoms in total. The molecule has 0 radical (unpaired) electrons. The highest BCUT2D eigenvalue weighted by Crippen LogP contribution is 2.19. The summed E-state index contributed by atoms with van der Waals surface area (Å²) in [6, 6.07) is 13.6. The molecule has 0 spiro atoms. The molecule has 1 amide bonds. The molecule has 0 N–H and O–H groups in total. The molecule has 1 fully saturated rings. The third-order valence-corrected chi connectivity index (χ3v) is 4.54. The van der Waals surface area contributed by atoms with Crippen molar-refractivity contribution in [3.05, 3.63) is 58.3 Å². The predicted molar refractivity (Wildman–Crippen MR) is 84.5 cm³/mol. The van der Waals surface area contributed by atoms with Gasteiger partial charge in [0.05, 0.1) is 12.6 Å². The molecule has 110 valence electrons. The van der Waals surface area contributed by atoms with Gasteiger partial charge in [-0.15, -0.1) is 11.3 Å². The van der Waals surface area contributed by atoms with Crippen molar-refractivity contribution in [2.24, 2.45) is 0 Å². The molecule has 3 rings (SSSR count). The van der Waals surface area contributed by atoms with Crippen LogP contribution in [0.4, 0.5) is 0 Å². The summed E-state index contributed by atoms with van der Waals surface area (Å²) in [5.41, 5.74) is 0.743. The van der Waals surface area contributed by atoms with Gasteiger partial charge in [0.15, 0.2) is 0 Å². The Morgan fingerprint density at radius 2 is 2.10 bits per heavy atom. The average molecular weight is 301 g/mol. The first kappa shape index (κ1) is 14.3. The molecule has 1 aromatic carbocycles. The first-order valence-electron chi connectivity index (χ1n) is 7.31. The number of amides is 1. The number of benzene rings is 1. The number of nitrogens with zero attached hydrogens (tertiary/aromatic N) is 1. The van der Waals surface area contributed by atoms with Gasteiger partial charge in [0, 0.05) is 23.6 Å². The van der Waals surface area contributed by atoms with Crippen LogP contribution in [0.1, 0.15) is 28.1 Å². The maximum atomic E-state index is 12.7. The number of hydrogen-bond donors (Lipinski definition) is 0. The molecular formula is C17H19NO2S. The van der Waals surface area contributed by atoms with Crippen LogP contribution in [0.5, 0.6) is 0 Å². The number of ether oxygens (including phenoxy) is 1. The minimum Gasteiger partial charge on any atom is -0.376 e. The van der Waals surface area contributed by atoms with E-state index in [0.717, 1.165) is 25.0 Å². The maximum absolute atomic E-state index is 12.7. The molecule has 1 aliphatic rings. The van der Waals surface area contributed by atoms with Crippen molar-refractivity contribution in [3.8, 4) is 0 Å². The predicted octanol–water partition coefficient (Wildman–Crippen LogP) is 3.57. The fourth-order valence-corrected chi connectivity index (χ4v) is 3.33. The van der Waals surface area contributed by atoms with Gasteiger partial charge in [0.25, 0.3) is 5.91 Å². The minimum atomic E-state index is 0.0829. The Bertz CT molecular complexity index is 562. The lowest BCUT2D eigenvalue weighted by molar-refractivity contribution is 0.0509. The molecule has 0 saturated carbocycles. The zero-order valence-corrected chi connectivity index (χ0v) is 12.7. The van der Waals surface area contributed by atoms with Gasteiger partial charge in [0.2, 0.25) is 0 Å². The summed E-state index contributed by atoms with van der Waals surface area (Å²) < 4.78 is 5.70. The van der Waals surface area contributed by atoms with Gasteiger partial charge in [-0.05, 0) is 36.4 Å². The lowest BCUT2D eigenvalue weighted by Crippen LogP contribution is -2.36. The largest absolute Gasteiger partial charge is 0.376 e. The molecule has 1 saturated heterocycles. The standard InChI is InChI=1S/C17H19NO2S/c19-17(14-6-2-1-3-7-14)18(12-15-8-4-10-20-15)13-16-9-5-11-21-16/h1-3,5-7,9,11,15H,4,8,10,12-13H2. The first-order valence-corrected chi connectivity index (χ1v) is 8.19. The highest BCUT2D eigenvalue weighted by molar-refractivity contribution is 7.09. The number of carbonyl (C=O) groups excluding carboxylic acids is 1. The van der Waals surface area contributed by atoms with Crippen molar-refractivity contribution in [3.63, 3.8) is 0 Å². The minimum absolute atomic E-state index is 0.0829. The van der Waals surface area contributed by atoms with Gasteiger partial charge in [0.1, 0.15) is 0 Å². The summed E-state index contributed by atoms with van der Waals surface area (Å²) in [4.78, 5) is 15.9. The summed E-state index contributed by atoms with van der Waals surface area (Å²) in [5.74, 6) is 0.0829. The van der Waals surface area contributed by atoms with Crippen molar-refractivity contribution in [1.29, 1.82) is 0 Å². The summed E-state index contributed by atoms with van der Waals surface area (Å²) in [5, 5.41) is 2.05. The molecule has 0 aliphatic carbocycles. The van der Waals surface area contributed by atoms with Gasteiger partial charge in [-0.25, -0.2) is 0 Å². The van der Waals surface area contributed by atoms with Crippen LogP contribution >= 0.6 is 11.3 Å². The zero-order valence-electron chi connectivity index (χ0n) is 11.9. The van der Waals surface area contributed by atoms with Crippen LogP contribution in [-0.2, 0) is 11.3 Å². The Morgan fingerprint density at radius 1 is 1.24 bits per heavy atom. The summed E-state index contributed by atoms with van der Waals surface area (Å²) in [7, 11) is 0. The fraction of sp³-hybridized carbons (Fsp3) is 0.353. The highest BCUT2D eigenvalue weighted by atomic mass is 32.1. The number of hydrogen-bond acceptors (Lipinski definition) is 3. The van der Waals surface area contributed by atoms with E-state index in [-0.39, 0.29) is 12.0 Å². The molecule has 21 heavy (non-hydrogen) atoms. The molecule has 4 heteroatoms. The van der Waals surface area contributed by atoms with Crippen LogP contribution in [0.15, 0.2) is 47.8 Å². The Balaban J connectivity index is 1.75. The van der Waals surface area contributed by atoms with Crippen molar-refractivity contribution < 1.29 is 9.53 Å². The molecule has 2 heterocycles. The second kappa shape index (κ2) is 6.87. The second-order valence-corrected chi connectivity index (χ2v) is 6.30. The zero-order chi connectivity index (χ0) is 14.5. The third kappa shape index (κ3) is 3.71. The monoisotopic (exact) mass is 301 g/mol. The van der Waals surface area contributed by atoms with Crippen LogP contribution in [-0.4, -0.2) is 30.1 Å². The van der Waals surface area contributed by atoms with Gasteiger partial charge < -0.3 is 9.64 Å². The van der Waals surface area contributed by atoms with E-state index in [1.807, 2.05) is 46.7 Å². The lowest BCUT2D eigenvalue weighted by Gasteiger charge is -2.25. The SMILES string of the molecule is O=C(c1ccccc1)N(Cc1cccs1)CC1CCCO1. The molecule has 2 aromatic rings. The van der Waals surface area contributed by atoms with E-state index in [0.29, 0.717) is 13.1 Å². The van der Waals surface area contributed by atoms with Crippen LogP contribution in [0, 0.1) is 0 Å². The molecule has 1 unspecified atom stereocenters. The molecule has 1 aromatic heterocycles. The van der Waals surface area contributed by atoms with Crippen molar-refractivity contribution in [1.82, 2.24) is 4.90 Å². The number of rotatable bonds is 5. The Kier molecular flexibility index (Phi) is 4.68. The Morgan fingerprint density at radius 3 is 2.76 bits per heavy atom. The van der Waals surface area contributed by atoms with Crippen molar-refractivity contribution in [2.75, 3.05) is 13.2 Å². The summed E-state index contributed by atoms with van der Waals surface area (Å²) in [6.07, 6.45) is 2.32. The highest BCUT2D eigenvalue weighted by Gasteiger charge is 2.23. The average Bonchev–Trinajstić information content (AvgIpc) is 3.20. The summed E-state index contributed by atoms with van der Waals surface area (Å²) >= 11 is 1.69. The summed E-state index contributed by atoms with van der Waals surface area (Å²) in [6.45, 7) is 2.15. The fourth-order valence-electron chi connectivity index (χ4n) is 2.61. The topological polar surface area (TPSA) is 29.5 Å². The normalized spacial score (nSPS) is 17.8. The smallest absolute Gasteiger partial charge is 0.254 e. The van der Waals surface area contributed by atoms with Gasteiger partial charge >= 0.3 is 0 Å². The molecule has 1 aliphatic heterocycles. The van der Waals surface area contributed by atoms with Crippen LogP contribution in [0.3, 0.4) is 0 Å². The molecule has 0 bridgehead atoms. The van der Waals surface area contributed by atoms with E-state index in [4.69, 9.17) is 4.74 Å². The van der Waals surface area contributed by atoms with Gasteiger partial charge in [-0.2, -0.15) is 0 Å². The van der Waals surface area contributed by atoms with Crippen molar-refractivity contribution >= 4 is 17.2 Å². The Hall–Kier alpha value is -1.65. The van der Waals surface area contributed by atoms with E-state index < -0.39 is 0 Å². The van der Waals surface area contributed by atoms with Gasteiger partial charge in [-0.1, -0.05) is 24.3 Å². The van der Waals surface area contributed by atoms with E-state index in [1.54, 1.807) is 11.3 Å². The van der Waals surface area contributed by atoms with Gasteiger partial charge in [-0.3, -0.25) is 4.79 Å². The first-order chi connectivity index (χ1) is 10.3. The van der Waals surface area contributed by atoms with Crippen molar-refractivity contribution in [2.45, 2.75) is 25.5 Å². The number of carbonyl (C=O) groups is 1.